The molecular weight excluding hydrogens is 256 g/mol. The lowest BCUT2D eigenvalue weighted by molar-refractivity contribution is -0.126. The molecular formula is C16H12O4. The van der Waals surface area contributed by atoms with Crippen molar-refractivity contribution >= 4 is 17.6 Å². The van der Waals surface area contributed by atoms with Gasteiger partial charge in [0, 0.05) is 11.6 Å². The van der Waals surface area contributed by atoms with Crippen molar-refractivity contribution in [1.29, 1.82) is 0 Å². The minimum Gasteiger partial charge on any atom is -0.508 e. The highest BCUT2D eigenvalue weighted by Gasteiger charge is 2.27. The van der Waals surface area contributed by atoms with Crippen LogP contribution >= 0.6 is 0 Å². The molecule has 3 rings (SSSR count). The molecule has 1 N–H and O–H groups in total. The molecule has 1 aliphatic rings. The van der Waals surface area contributed by atoms with Crippen LogP contribution in [-0.2, 0) is 4.79 Å². The van der Waals surface area contributed by atoms with Crippen LogP contribution in [0.15, 0.2) is 42.5 Å². The van der Waals surface area contributed by atoms with E-state index >= 15 is 0 Å². The van der Waals surface area contributed by atoms with E-state index in [0.29, 0.717) is 17.1 Å². The average molecular weight is 268 g/mol. The first-order valence-corrected chi connectivity index (χ1v) is 6.09. The maximum absolute atomic E-state index is 11.9. The predicted octanol–water partition coefficient (Wildman–Crippen LogP) is 2.86. The van der Waals surface area contributed by atoms with E-state index in [0.717, 1.165) is 11.1 Å². The molecule has 0 radical (unpaired) electrons. The molecule has 2 aromatic carbocycles. The molecule has 0 aliphatic carbocycles. The number of benzene rings is 2. The number of methoxy groups -OCH3 is 1. The van der Waals surface area contributed by atoms with Crippen LogP contribution in [0.5, 0.6) is 17.2 Å². The van der Waals surface area contributed by atoms with E-state index in [1.165, 1.54) is 0 Å². The second-order valence-electron chi connectivity index (χ2n) is 4.40. The Bertz CT molecular complexity index is 699. The summed E-state index contributed by atoms with van der Waals surface area (Å²) in [5.74, 6) is 0.939. The van der Waals surface area contributed by atoms with Gasteiger partial charge in [-0.25, -0.2) is 4.79 Å². The molecule has 0 amide bonds. The number of phenols is 1. The number of fused-ring (bicyclic) bond motifs is 1. The minimum absolute atomic E-state index is 0.186. The van der Waals surface area contributed by atoms with E-state index < -0.39 is 0 Å². The number of hydrogen-bond donors (Lipinski definition) is 1. The van der Waals surface area contributed by atoms with Crippen molar-refractivity contribution in [2.45, 2.75) is 0 Å². The monoisotopic (exact) mass is 268 g/mol. The van der Waals surface area contributed by atoms with Gasteiger partial charge in [0.25, 0.3) is 0 Å². The third-order valence-electron chi connectivity index (χ3n) is 3.11. The number of ether oxygens (including phenoxy) is 2. The summed E-state index contributed by atoms with van der Waals surface area (Å²) in [6.45, 7) is 0. The van der Waals surface area contributed by atoms with Crippen molar-refractivity contribution in [3.05, 3.63) is 53.6 Å². The van der Waals surface area contributed by atoms with Gasteiger partial charge in [0.15, 0.2) is 0 Å². The second-order valence-corrected chi connectivity index (χ2v) is 4.40. The molecule has 4 heteroatoms. The first-order valence-electron chi connectivity index (χ1n) is 6.09. The van der Waals surface area contributed by atoms with Gasteiger partial charge in [-0.2, -0.15) is 0 Å². The summed E-state index contributed by atoms with van der Waals surface area (Å²) in [4.78, 5) is 11.9. The first kappa shape index (κ1) is 12.3. The van der Waals surface area contributed by atoms with Crippen molar-refractivity contribution in [3.8, 4) is 17.2 Å². The van der Waals surface area contributed by atoms with Crippen LogP contribution < -0.4 is 9.47 Å². The summed E-state index contributed by atoms with van der Waals surface area (Å²) in [5.41, 5.74) is 2.05. The molecule has 1 heterocycles. The molecule has 0 saturated carbocycles. The molecule has 0 saturated heterocycles. The van der Waals surface area contributed by atoms with Gasteiger partial charge in [-0.05, 0) is 35.9 Å². The first-order chi connectivity index (χ1) is 9.67. The van der Waals surface area contributed by atoms with Gasteiger partial charge < -0.3 is 14.6 Å². The zero-order chi connectivity index (χ0) is 14.1. The van der Waals surface area contributed by atoms with Gasteiger partial charge >= 0.3 is 5.97 Å². The maximum Gasteiger partial charge on any atom is 0.344 e. The number of carbonyl (C=O) groups excluding carboxylic acids is 1. The van der Waals surface area contributed by atoms with E-state index in [1.54, 1.807) is 55.7 Å². The highest BCUT2D eigenvalue weighted by molar-refractivity contribution is 6.26. The van der Waals surface area contributed by atoms with E-state index in [1.807, 2.05) is 0 Å². The SMILES string of the molecule is COc1ccc2c(c1)OC(=O)/C2=C\c1ccc(O)cc1. The van der Waals surface area contributed by atoms with Crippen LogP contribution in [0.25, 0.3) is 11.6 Å². The Balaban J connectivity index is 2.03. The molecule has 0 bridgehead atoms. The zero-order valence-electron chi connectivity index (χ0n) is 10.8. The Kier molecular flexibility index (Phi) is 2.91. The number of carbonyl (C=O) groups is 1. The minimum atomic E-state index is -0.388. The summed E-state index contributed by atoms with van der Waals surface area (Å²) >= 11 is 0. The van der Waals surface area contributed by atoms with Crippen molar-refractivity contribution in [2.24, 2.45) is 0 Å². The van der Waals surface area contributed by atoms with Crippen LogP contribution in [0.2, 0.25) is 0 Å². The van der Waals surface area contributed by atoms with Crippen LogP contribution in [0.4, 0.5) is 0 Å². The van der Waals surface area contributed by atoms with Crippen LogP contribution in [0, 0.1) is 0 Å². The summed E-state index contributed by atoms with van der Waals surface area (Å²) in [7, 11) is 1.56. The van der Waals surface area contributed by atoms with Crippen molar-refractivity contribution in [1.82, 2.24) is 0 Å². The molecule has 0 unspecified atom stereocenters. The molecule has 0 spiro atoms. The normalized spacial score (nSPS) is 15.1. The number of hydrogen-bond acceptors (Lipinski definition) is 4. The van der Waals surface area contributed by atoms with Gasteiger partial charge in [-0.15, -0.1) is 0 Å². The molecule has 4 nitrogen and oxygen atoms in total. The van der Waals surface area contributed by atoms with Gasteiger partial charge in [0.2, 0.25) is 0 Å². The number of aromatic hydroxyl groups is 1. The van der Waals surface area contributed by atoms with Crippen LogP contribution in [0.1, 0.15) is 11.1 Å². The fourth-order valence-electron chi connectivity index (χ4n) is 2.08. The lowest BCUT2D eigenvalue weighted by atomic mass is 10.0. The summed E-state index contributed by atoms with van der Waals surface area (Å²) in [6.07, 6.45) is 1.74. The fraction of sp³-hybridized carbons (Fsp3) is 0.0625. The summed E-state index contributed by atoms with van der Waals surface area (Å²) < 4.78 is 10.3. The van der Waals surface area contributed by atoms with Gasteiger partial charge in [-0.1, -0.05) is 12.1 Å². The Morgan fingerprint density at radius 2 is 1.90 bits per heavy atom. The number of esters is 1. The molecule has 20 heavy (non-hydrogen) atoms. The van der Waals surface area contributed by atoms with Crippen molar-refractivity contribution in [2.75, 3.05) is 7.11 Å². The number of phenolic OH excluding ortho intramolecular Hbond substituents is 1. The van der Waals surface area contributed by atoms with Crippen LogP contribution in [-0.4, -0.2) is 18.2 Å². The standard InChI is InChI=1S/C16H12O4/c1-19-12-6-7-13-14(16(18)20-15(13)9-12)8-10-2-4-11(17)5-3-10/h2-9,17H,1H3/b14-8-. The zero-order valence-corrected chi connectivity index (χ0v) is 10.8. The third kappa shape index (κ3) is 2.12. The highest BCUT2D eigenvalue weighted by Crippen LogP contribution is 2.37. The Morgan fingerprint density at radius 3 is 2.60 bits per heavy atom. The maximum atomic E-state index is 11.9. The smallest absolute Gasteiger partial charge is 0.344 e. The molecule has 0 fully saturated rings. The highest BCUT2D eigenvalue weighted by atomic mass is 16.5. The topological polar surface area (TPSA) is 55.8 Å². The molecule has 100 valence electrons. The predicted molar refractivity (Wildman–Crippen MR) is 74.6 cm³/mol. The van der Waals surface area contributed by atoms with E-state index in [-0.39, 0.29) is 11.7 Å². The van der Waals surface area contributed by atoms with Gasteiger partial charge in [0.05, 0.1) is 12.7 Å². The fourth-order valence-corrected chi connectivity index (χ4v) is 2.08. The lowest BCUT2D eigenvalue weighted by Gasteiger charge is -2.01. The molecule has 0 atom stereocenters. The second kappa shape index (κ2) is 4.74. The molecule has 0 aromatic heterocycles. The Morgan fingerprint density at radius 1 is 1.15 bits per heavy atom. The van der Waals surface area contributed by atoms with Gasteiger partial charge in [0.1, 0.15) is 17.2 Å². The van der Waals surface area contributed by atoms with Crippen molar-refractivity contribution < 1.29 is 19.4 Å². The van der Waals surface area contributed by atoms with Gasteiger partial charge in [-0.3, -0.25) is 0 Å². The molecule has 2 aromatic rings. The van der Waals surface area contributed by atoms with E-state index in [4.69, 9.17) is 9.47 Å². The van der Waals surface area contributed by atoms with Crippen molar-refractivity contribution in [3.63, 3.8) is 0 Å². The summed E-state index contributed by atoms with van der Waals surface area (Å²) in [6, 6.07) is 11.9. The Hall–Kier alpha value is -2.75. The number of rotatable bonds is 2. The lowest BCUT2D eigenvalue weighted by Crippen LogP contribution is -2.00. The molecule has 1 aliphatic heterocycles. The summed E-state index contributed by atoms with van der Waals surface area (Å²) in [5, 5.41) is 9.26. The Labute approximate surface area is 115 Å². The third-order valence-corrected chi connectivity index (χ3v) is 3.11. The van der Waals surface area contributed by atoms with E-state index in [9.17, 15) is 9.90 Å². The van der Waals surface area contributed by atoms with Crippen LogP contribution in [0.3, 0.4) is 0 Å². The quantitative estimate of drug-likeness (QED) is 0.517. The largest absolute Gasteiger partial charge is 0.508 e. The van der Waals surface area contributed by atoms with E-state index in [2.05, 4.69) is 0 Å². The average Bonchev–Trinajstić information content (AvgIpc) is 2.76.